The highest BCUT2D eigenvalue weighted by Gasteiger charge is 2.18. The van der Waals surface area contributed by atoms with Gasteiger partial charge in [-0.3, -0.25) is 14.5 Å². The summed E-state index contributed by atoms with van der Waals surface area (Å²) in [6.07, 6.45) is 6.42. The van der Waals surface area contributed by atoms with Crippen molar-refractivity contribution in [3.63, 3.8) is 0 Å². The minimum absolute atomic E-state index is 0. The molecule has 0 bridgehead atoms. The topological polar surface area (TPSA) is 42.0 Å². The number of hydroxylamine groups is 2. The zero-order valence-corrected chi connectivity index (χ0v) is 14.7. The van der Waals surface area contributed by atoms with Crippen molar-refractivity contribution in [2.24, 2.45) is 0 Å². The molecule has 0 unspecified atom stereocenters. The molecule has 0 aliphatic carbocycles. The molecule has 0 N–H and O–H groups in total. The maximum Gasteiger partial charge on any atom is 0.246 e. The van der Waals surface area contributed by atoms with E-state index >= 15 is 0 Å². The average Bonchev–Trinajstić information content (AvgIpc) is 2.52. The molecule has 1 aliphatic heterocycles. The number of amides is 1. The molecule has 1 amide bonds. The van der Waals surface area contributed by atoms with Crippen molar-refractivity contribution >= 4 is 5.91 Å². The average molecular weight is 331 g/mol. The van der Waals surface area contributed by atoms with E-state index in [2.05, 4.69) is 11.8 Å². The Morgan fingerprint density at radius 2 is 1.83 bits per heavy atom. The van der Waals surface area contributed by atoms with Crippen molar-refractivity contribution in [2.75, 3.05) is 39.5 Å². The monoisotopic (exact) mass is 330 g/mol. The molecule has 1 fully saturated rings. The van der Waals surface area contributed by atoms with E-state index in [1.807, 2.05) is 13.8 Å². The Morgan fingerprint density at radius 3 is 2.43 bits per heavy atom. The summed E-state index contributed by atoms with van der Waals surface area (Å²) in [6, 6.07) is 0.0906. The molecule has 0 saturated carbocycles. The summed E-state index contributed by atoms with van der Waals surface area (Å²) in [5.41, 5.74) is 0. The number of carbonyl (C=O) groups excluding carboxylic acids is 1. The minimum atomic E-state index is 0. The van der Waals surface area contributed by atoms with Gasteiger partial charge < -0.3 is 4.74 Å². The zero-order valence-electron chi connectivity index (χ0n) is 14.7. The third-order valence-electron chi connectivity index (χ3n) is 3.95. The van der Waals surface area contributed by atoms with E-state index in [4.69, 9.17) is 9.57 Å². The van der Waals surface area contributed by atoms with Crippen LogP contribution in [0.1, 0.15) is 66.7 Å². The first-order valence-corrected chi connectivity index (χ1v) is 8.90. The number of carbonyl (C=O) groups is 1. The molecule has 0 aromatic carbocycles. The Balaban J connectivity index is 0.00000484. The number of ether oxygens (including phenoxy) is 1. The van der Waals surface area contributed by atoms with Gasteiger partial charge in [-0.25, -0.2) is 5.06 Å². The highest BCUT2D eigenvalue weighted by molar-refractivity contribution is 5.75. The van der Waals surface area contributed by atoms with Gasteiger partial charge in [0.2, 0.25) is 5.91 Å². The number of unbranched alkanes of at least 4 members (excludes halogenated alkanes) is 4. The van der Waals surface area contributed by atoms with E-state index in [0.717, 1.165) is 45.7 Å². The Morgan fingerprint density at radius 1 is 1.17 bits per heavy atom. The van der Waals surface area contributed by atoms with Crippen LogP contribution >= 0.6 is 0 Å². The van der Waals surface area contributed by atoms with Gasteiger partial charge in [-0.2, -0.15) is 0 Å². The molecule has 138 valence electrons. The lowest BCUT2D eigenvalue weighted by molar-refractivity contribution is -0.198. The lowest BCUT2D eigenvalue weighted by Gasteiger charge is -2.29. The van der Waals surface area contributed by atoms with E-state index < -0.39 is 0 Å². The number of rotatable bonds is 11. The van der Waals surface area contributed by atoms with Gasteiger partial charge in [0.1, 0.15) is 0 Å². The number of hydrogen-bond acceptors (Lipinski definition) is 4. The molecule has 1 saturated heterocycles. The van der Waals surface area contributed by atoms with E-state index in [1.54, 1.807) is 5.06 Å². The van der Waals surface area contributed by atoms with Gasteiger partial charge in [-0.05, 0) is 20.3 Å². The highest BCUT2D eigenvalue weighted by atomic mass is 16.7. The third kappa shape index (κ3) is 9.95. The smallest absolute Gasteiger partial charge is 0.246 e. The van der Waals surface area contributed by atoms with Gasteiger partial charge in [0, 0.05) is 26.1 Å². The van der Waals surface area contributed by atoms with Gasteiger partial charge >= 0.3 is 0 Å². The maximum atomic E-state index is 12.3. The first kappa shape index (κ1) is 22.4. The summed E-state index contributed by atoms with van der Waals surface area (Å²) in [5.74, 6) is 0.119. The molecule has 1 heterocycles. The summed E-state index contributed by atoms with van der Waals surface area (Å²) in [6.45, 7) is 11.1. The maximum absolute atomic E-state index is 12.3. The van der Waals surface area contributed by atoms with Gasteiger partial charge in [-0.15, -0.1) is 0 Å². The summed E-state index contributed by atoms with van der Waals surface area (Å²) >= 11 is 0. The first-order valence-electron chi connectivity index (χ1n) is 8.90. The van der Waals surface area contributed by atoms with E-state index in [1.165, 1.54) is 19.3 Å². The van der Waals surface area contributed by atoms with Crippen LogP contribution in [-0.4, -0.2) is 61.4 Å². The Hall–Kier alpha value is -0.650. The molecule has 5 heteroatoms. The summed E-state index contributed by atoms with van der Waals surface area (Å²) in [5, 5.41) is 1.57. The predicted molar refractivity (Wildman–Crippen MR) is 95.3 cm³/mol. The fourth-order valence-corrected chi connectivity index (χ4v) is 2.59. The van der Waals surface area contributed by atoms with Crippen LogP contribution in [0.2, 0.25) is 0 Å². The van der Waals surface area contributed by atoms with Crippen LogP contribution in [0.3, 0.4) is 0 Å². The van der Waals surface area contributed by atoms with Crippen LogP contribution < -0.4 is 0 Å². The third-order valence-corrected chi connectivity index (χ3v) is 3.95. The van der Waals surface area contributed by atoms with E-state index in [0.29, 0.717) is 13.0 Å². The Kier molecular flexibility index (Phi) is 13.4. The molecule has 1 aliphatic rings. The standard InChI is InChI=1S/C17H34N2O3.CH4/c1-4-5-6-7-8-9-17(20)19(16(2)3)22-15-12-18-10-13-21-14-11-18;/h16H,4-15H2,1-3H3;1H4. The molecule has 0 atom stereocenters. The van der Waals surface area contributed by atoms with Crippen LogP contribution in [-0.2, 0) is 14.4 Å². The van der Waals surface area contributed by atoms with Crippen LogP contribution in [0.4, 0.5) is 0 Å². The molecule has 0 aromatic heterocycles. The Labute approximate surface area is 143 Å². The van der Waals surface area contributed by atoms with Crippen LogP contribution in [0.15, 0.2) is 0 Å². The first-order chi connectivity index (χ1) is 10.6. The minimum Gasteiger partial charge on any atom is -0.379 e. The summed E-state index contributed by atoms with van der Waals surface area (Å²) in [4.78, 5) is 20.3. The van der Waals surface area contributed by atoms with Crippen molar-refractivity contribution in [3.05, 3.63) is 0 Å². The lowest BCUT2D eigenvalue weighted by Crippen LogP contribution is -2.42. The summed E-state index contributed by atoms with van der Waals surface area (Å²) < 4.78 is 5.33. The number of morpholine rings is 1. The second kappa shape index (κ2) is 13.8. The quantitative estimate of drug-likeness (QED) is 0.430. The fraction of sp³-hybridized carbons (Fsp3) is 0.944. The van der Waals surface area contributed by atoms with Crippen LogP contribution in [0, 0.1) is 0 Å². The normalized spacial score (nSPS) is 15.5. The van der Waals surface area contributed by atoms with Gasteiger partial charge in [0.25, 0.3) is 0 Å². The second-order valence-corrected chi connectivity index (χ2v) is 6.26. The molecule has 1 rings (SSSR count). The second-order valence-electron chi connectivity index (χ2n) is 6.26. The van der Waals surface area contributed by atoms with Crippen LogP contribution in [0.25, 0.3) is 0 Å². The molecular formula is C18H38N2O3. The molecule has 23 heavy (non-hydrogen) atoms. The zero-order chi connectivity index (χ0) is 16.2. The molecule has 5 nitrogen and oxygen atoms in total. The van der Waals surface area contributed by atoms with E-state index in [-0.39, 0.29) is 19.4 Å². The van der Waals surface area contributed by atoms with Crippen molar-refractivity contribution in [3.8, 4) is 0 Å². The summed E-state index contributed by atoms with van der Waals surface area (Å²) in [7, 11) is 0. The molecule has 0 spiro atoms. The van der Waals surface area contributed by atoms with Crippen molar-refractivity contribution in [1.29, 1.82) is 0 Å². The number of nitrogens with zero attached hydrogens (tertiary/aromatic N) is 2. The van der Waals surface area contributed by atoms with E-state index in [9.17, 15) is 4.79 Å². The van der Waals surface area contributed by atoms with Crippen molar-refractivity contribution in [2.45, 2.75) is 72.8 Å². The fourth-order valence-electron chi connectivity index (χ4n) is 2.59. The van der Waals surface area contributed by atoms with Gasteiger partial charge in [0.15, 0.2) is 0 Å². The SMILES string of the molecule is C.CCCCCCCC(=O)N(OCCN1CCOCC1)C(C)C. The lowest BCUT2D eigenvalue weighted by atomic mass is 10.1. The molecule has 0 aromatic rings. The predicted octanol–water partition coefficient (Wildman–Crippen LogP) is 3.48. The highest BCUT2D eigenvalue weighted by Crippen LogP contribution is 2.10. The van der Waals surface area contributed by atoms with Gasteiger partial charge in [-0.1, -0.05) is 40.0 Å². The molecule has 0 radical (unpaired) electrons. The van der Waals surface area contributed by atoms with Crippen LogP contribution in [0.5, 0.6) is 0 Å². The van der Waals surface area contributed by atoms with Crippen molar-refractivity contribution < 1.29 is 14.4 Å². The number of hydrogen-bond donors (Lipinski definition) is 0. The largest absolute Gasteiger partial charge is 0.379 e. The Bertz CT molecular complexity index is 292. The molecular weight excluding hydrogens is 292 g/mol. The van der Waals surface area contributed by atoms with Crippen molar-refractivity contribution in [1.82, 2.24) is 9.96 Å². The van der Waals surface area contributed by atoms with Gasteiger partial charge in [0.05, 0.1) is 25.9 Å².